The van der Waals surface area contributed by atoms with Crippen LogP contribution in [-0.2, 0) is 12.2 Å². The van der Waals surface area contributed by atoms with Gasteiger partial charge >= 0.3 is 0 Å². The van der Waals surface area contributed by atoms with Gasteiger partial charge in [-0.25, -0.2) is 0 Å². The molecule has 1 aliphatic carbocycles. The van der Waals surface area contributed by atoms with Crippen LogP contribution in [-0.4, -0.2) is 0 Å². The molecule has 0 bridgehead atoms. The maximum absolute atomic E-state index is 6.85. The van der Waals surface area contributed by atoms with Crippen molar-refractivity contribution in [3.05, 3.63) is 171 Å². The summed E-state index contributed by atoms with van der Waals surface area (Å²) in [6, 6.07) is 44.9. The van der Waals surface area contributed by atoms with Gasteiger partial charge in [0.2, 0.25) is 0 Å². The van der Waals surface area contributed by atoms with Gasteiger partial charge in [-0.3, -0.25) is 5.32 Å². The first kappa shape index (κ1) is 28.0. The lowest BCUT2D eigenvalue weighted by atomic mass is 9.90. The third-order valence-electron chi connectivity index (χ3n) is 8.13. The van der Waals surface area contributed by atoms with Crippen LogP contribution in [0.1, 0.15) is 57.6 Å². The van der Waals surface area contributed by atoms with Crippen LogP contribution in [0, 0.1) is 6.92 Å². The molecule has 4 heteroatoms. The molecule has 5 aromatic carbocycles. The lowest BCUT2D eigenvalue weighted by Crippen LogP contribution is -2.33. The monoisotopic (exact) mass is 567 g/mol. The number of hydrogen-bond donors (Lipinski definition) is 3. The van der Waals surface area contributed by atoms with E-state index < -0.39 is 0 Å². The molecule has 0 aliphatic heterocycles. The molecule has 0 radical (unpaired) electrons. The maximum Gasteiger partial charge on any atom is 0.0817 e. The fourth-order valence-corrected chi connectivity index (χ4v) is 6.82. The van der Waals surface area contributed by atoms with E-state index in [4.69, 9.17) is 11.5 Å². The molecule has 0 heterocycles. The second-order valence-electron chi connectivity index (χ2n) is 11.0. The van der Waals surface area contributed by atoms with Gasteiger partial charge in [0.1, 0.15) is 0 Å². The highest BCUT2D eigenvalue weighted by molar-refractivity contribution is 8.02. The Balaban J connectivity index is 1.22. The highest BCUT2D eigenvalue weighted by atomic mass is 32.2. The molecule has 0 saturated heterocycles. The van der Waals surface area contributed by atoms with Crippen LogP contribution in [0.4, 0.5) is 0 Å². The normalized spacial score (nSPS) is 14.3. The number of aryl methyl sites for hydroxylation is 2. The second kappa shape index (κ2) is 12.8. The van der Waals surface area contributed by atoms with Crippen molar-refractivity contribution in [2.24, 2.45) is 11.5 Å². The summed E-state index contributed by atoms with van der Waals surface area (Å²) in [4.78, 5) is 1.29. The Morgan fingerprint density at radius 3 is 2.19 bits per heavy atom. The molecule has 210 valence electrons. The predicted octanol–water partition coefficient (Wildman–Crippen LogP) is 8.51. The van der Waals surface area contributed by atoms with Crippen molar-refractivity contribution < 1.29 is 0 Å². The highest BCUT2D eigenvalue weighted by Crippen LogP contribution is 2.38. The summed E-state index contributed by atoms with van der Waals surface area (Å²) in [5, 5.41) is 3.72. The van der Waals surface area contributed by atoms with Gasteiger partial charge in [-0.1, -0.05) is 121 Å². The summed E-state index contributed by atoms with van der Waals surface area (Å²) in [6.07, 6.45) is 1.64. The number of allylic oxidation sites excluding steroid dienone is 1. The van der Waals surface area contributed by atoms with Crippen LogP contribution < -0.4 is 16.8 Å². The molecule has 5 N–H and O–H groups in total. The van der Waals surface area contributed by atoms with Crippen molar-refractivity contribution in [1.82, 2.24) is 5.32 Å². The minimum Gasteiger partial charge on any atom is -0.398 e. The van der Waals surface area contributed by atoms with Gasteiger partial charge in [0.05, 0.1) is 12.2 Å². The Bertz CT molecular complexity index is 1690. The predicted molar refractivity (Wildman–Crippen MR) is 179 cm³/mol. The largest absolute Gasteiger partial charge is 0.398 e. The summed E-state index contributed by atoms with van der Waals surface area (Å²) < 4.78 is 0. The minimum absolute atomic E-state index is 0.0153. The molecule has 0 saturated carbocycles. The summed E-state index contributed by atoms with van der Waals surface area (Å²) in [7, 11) is 0. The van der Waals surface area contributed by atoms with Crippen molar-refractivity contribution >= 4 is 17.5 Å². The van der Waals surface area contributed by atoms with Gasteiger partial charge in [-0.2, -0.15) is 0 Å². The molecule has 6 rings (SSSR count). The fourth-order valence-electron chi connectivity index (χ4n) is 5.78. The Morgan fingerprint density at radius 2 is 1.40 bits per heavy atom. The maximum atomic E-state index is 6.85. The Kier molecular flexibility index (Phi) is 8.57. The first-order valence-electron chi connectivity index (χ1n) is 14.6. The van der Waals surface area contributed by atoms with E-state index in [1.165, 1.54) is 43.8 Å². The third-order valence-corrected chi connectivity index (χ3v) is 9.38. The van der Waals surface area contributed by atoms with E-state index in [9.17, 15) is 0 Å². The fraction of sp³-hybridized carbons (Fsp3) is 0.158. The van der Waals surface area contributed by atoms with Crippen molar-refractivity contribution in [2.45, 2.75) is 37.7 Å². The van der Waals surface area contributed by atoms with Crippen LogP contribution in [0.25, 0.3) is 16.8 Å². The quantitative estimate of drug-likeness (QED) is 0.156. The van der Waals surface area contributed by atoms with E-state index in [1.54, 1.807) is 0 Å². The first-order valence-corrected chi connectivity index (χ1v) is 15.6. The Labute approximate surface area is 253 Å². The number of nitrogens with one attached hydrogen (secondary N) is 1. The molecule has 3 nitrogen and oxygen atoms in total. The minimum atomic E-state index is -0.338. The molecular formula is C38H37N3S. The lowest BCUT2D eigenvalue weighted by Gasteiger charge is -2.26. The number of nitrogens with two attached hydrogens (primary N) is 2. The van der Waals surface area contributed by atoms with E-state index in [1.807, 2.05) is 17.8 Å². The van der Waals surface area contributed by atoms with Crippen LogP contribution in [0.3, 0.4) is 0 Å². The Hall–Kier alpha value is -4.09. The molecule has 0 spiro atoms. The molecule has 1 aliphatic rings. The van der Waals surface area contributed by atoms with E-state index >= 15 is 0 Å². The Morgan fingerprint density at radius 1 is 0.714 bits per heavy atom. The molecule has 5 aromatic rings. The third kappa shape index (κ3) is 6.22. The van der Waals surface area contributed by atoms with Gasteiger partial charge in [0, 0.05) is 21.9 Å². The summed E-state index contributed by atoms with van der Waals surface area (Å²) >= 11 is 1.86. The zero-order valence-electron chi connectivity index (χ0n) is 24.0. The zero-order valence-corrected chi connectivity index (χ0v) is 24.8. The highest BCUT2D eigenvalue weighted by Gasteiger charge is 2.21. The first-order chi connectivity index (χ1) is 20.6. The average Bonchev–Trinajstić information content (AvgIpc) is 3.04. The van der Waals surface area contributed by atoms with Crippen LogP contribution in [0.5, 0.6) is 0 Å². The van der Waals surface area contributed by atoms with Crippen LogP contribution in [0.2, 0.25) is 0 Å². The average molecular weight is 568 g/mol. The summed E-state index contributed by atoms with van der Waals surface area (Å²) in [5.41, 5.74) is 25.3. The molecule has 0 amide bonds. The molecule has 0 aromatic heterocycles. The number of thioether (sulfide) groups is 1. The number of fused-ring (bicyclic) bond motifs is 1. The SMILES string of the molecule is Cc1ccccc1C(NC(N)c1cccc(-c2ccc3c(c2)CCC(SCc2ccccc2)=C3N)c1)c1ccccc1. The van der Waals surface area contributed by atoms with Gasteiger partial charge in [0.25, 0.3) is 0 Å². The topological polar surface area (TPSA) is 64.1 Å². The number of rotatable bonds is 9. The lowest BCUT2D eigenvalue weighted by molar-refractivity contribution is 0.497. The van der Waals surface area contributed by atoms with Crippen molar-refractivity contribution in [3.8, 4) is 11.1 Å². The molecule has 0 fully saturated rings. The standard InChI is InChI=1S/C38H37N3S/c1-26-11-8-9-18-33(26)37(28-14-6-3-7-15-28)41-38(40)32-17-10-16-29(24-32)30-19-21-34-31(23-30)20-22-35(36(34)39)42-25-27-12-4-2-5-13-27/h2-19,21,23-24,37-38,41H,20,22,25,39-40H2,1H3. The molecule has 42 heavy (non-hydrogen) atoms. The van der Waals surface area contributed by atoms with E-state index in [-0.39, 0.29) is 12.2 Å². The van der Waals surface area contributed by atoms with E-state index in [0.29, 0.717) is 0 Å². The van der Waals surface area contributed by atoms with Crippen molar-refractivity contribution in [2.75, 3.05) is 0 Å². The zero-order chi connectivity index (χ0) is 28.9. The number of hydrogen-bond acceptors (Lipinski definition) is 4. The van der Waals surface area contributed by atoms with E-state index in [2.05, 4.69) is 134 Å². The smallest absolute Gasteiger partial charge is 0.0817 e. The molecular weight excluding hydrogens is 531 g/mol. The van der Waals surface area contributed by atoms with E-state index in [0.717, 1.165) is 35.4 Å². The second-order valence-corrected chi connectivity index (χ2v) is 12.0. The van der Waals surface area contributed by atoms with Gasteiger partial charge in [-0.15, -0.1) is 11.8 Å². The molecule has 2 unspecified atom stereocenters. The van der Waals surface area contributed by atoms with Crippen LogP contribution in [0.15, 0.2) is 132 Å². The molecule has 2 atom stereocenters. The van der Waals surface area contributed by atoms with Gasteiger partial charge in [0.15, 0.2) is 0 Å². The van der Waals surface area contributed by atoms with Crippen molar-refractivity contribution in [3.63, 3.8) is 0 Å². The van der Waals surface area contributed by atoms with Crippen LogP contribution >= 0.6 is 11.8 Å². The summed E-state index contributed by atoms with van der Waals surface area (Å²) in [5.74, 6) is 0.945. The van der Waals surface area contributed by atoms with Gasteiger partial charge < -0.3 is 11.5 Å². The van der Waals surface area contributed by atoms with Gasteiger partial charge in [-0.05, 0) is 70.3 Å². The number of benzene rings is 5. The van der Waals surface area contributed by atoms with Crippen molar-refractivity contribution in [1.29, 1.82) is 0 Å². The summed E-state index contributed by atoms with van der Waals surface area (Å²) in [6.45, 7) is 2.15.